The summed E-state index contributed by atoms with van der Waals surface area (Å²) in [4.78, 5) is 10.5. The average Bonchev–Trinajstić information content (AvgIpc) is 1.69. The van der Waals surface area contributed by atoms with Crippen LogP contribution in [0.3, 0.4) is 0 Å². The lowest BCUT2D eigenvalue weighted by Gasteiger charge is -2.04. The van der Waals surface area contributed by atoms with Crippen molar-refractivity contribution in [2.24, 2.45) is 11.7 Å². The molecule has 0 fully saturated rings. The molecule has 0 aliphatic carbocycles. The first kappa shape index (κ1) is 16.3. The van der Waals surface area contributed by atoms with E-state index < -0.39 is 0 Å². The molecule has 0 radical (unpaired) electrons. The summed E-state index contributed by atoms with van der Waals surface area (Å²) in [5, 5.41) is 0. The summed E-state index contributed by atoms with van der Waals surface area (Å²) in [6, 6.07) is 0. The van der Waals surface area contributed by atoms with E-state index in [2.05, 4.69) is 0 Å². The molecule has 0 rings (SSSR count). The molecule has 0 saturated heterocycles. The Morgan fingerprint density at radius 1 is 1.50 bits per heavy atom. The number of carbonyl (C=O) groups is 1. The Bertz CT molecular complexity index is 77.3. The fourth-order valence-corrected chi connectivity index (χ4v) is 0.620. The Morgan fingerprint density at radius 2 is 1.90 bits per heavy atom. The van der Waals surface area contributed by atoms with Crippen LogP contribution in [0.15, 0.2) is 0 Å². The van der Waals surface area contributed by atoms with E-state index in [4.69, 9.17) is 5.73 Å². The van der Waals surface area contributed by atoms with Gasteiger partial charge in [-0.1, -0.05) is 21.8 Å². The van der Waals surface area contributed by atoms with E-state index in [9.17, 15) is 4.79 Å². The average molecular weight is 147 g/mol. The number of rotatable bonds is 3. The maximum atomic E-state index is 10.5. The molecule has 10 heavy (non-hydrogen) atoms. The summed E-state index contributed by atoms with van der Waals surface area (Å²) < 4.78 is 0. The normalized spacial score (nSPS) is 10.7. The highest BCUT2D eigenvalue weighted by atomic mass is 16.1. The van der Waals surface area contributed by atoms with Gasteiger partial charge in [-0.05, 0) is 13.3 Å². The quantitative estimate of drug-likeness (QED) is 0.661. The van der Waals surface area contributed by atoms with E-state index in [1.165, 1.54) is 0 Å². The van der Waals surface area contributed by atoms with Gasteiger partial charge in [0.1, 0.15) is 5.78 Å². The molecule has 64 valence electrons. The first-order valence-electron chi connectivity index (χ1n) is 2.92. The van der Waals surface area contributed by atoms with Crippen LogP contribution >= 0.6 is 0 Å². The maximum absolute atomic E-state index is 10.5. The van der Waals surface area contributed by atoms with Crippen molar-refractivity contribution in [1.82, 2.24) is 0 Å². The molecule has 1 atom stereocenters. The molecule has 2 nitrogen and oxygen atoms in total. The smallest absolute Gasteiger partial charge is 0.134 e. The van der Waals surface area contributed by atoms with Crippen molar-refractivity contribution in [3.05, 3.63) is 0 Å². The zero-order chi connectivity index (χ0) is 6.57. The molecule has 0 aliphatic heterocycles. The van der Waals surface area contributed by atoms with Crippen molar-refractivity contribution in [1.29, 1.82) is 0 Å². The lowest BCUT2D eigenvalue weighted by atomic mass is 10.0. The minimum absolute atomic E-state index is 0. The Morgan fingerprint density at radius 3 is 1.90 bits per heavy atom. The van der Waals surface area contributed by atoms with Crippen molar-refractivity contribution in [3.8, 4) is 0 Å². The van der Waals surface area contributed by atoms with E-state index in [0.717, 1.165) is 6.42 Å². The molecular formula is C8H21NO. The van der Waals surface area contributed by atoms with Crippen LogP contribution in [0.25, 0.3) is 0 Å². The summed E-state index contributed by atoms with van der Waals surface area (Å²) in [6.07, 6.45) is 0.867. The van der Waals surface area contributed by atoms with Gasteiger partial charge in [-0.25, -0.2) is 0 Å². The highest BCUT2D eigenvalue weighted by Crippen LogP contribution is 1.99. The zero-order valence-corrected chi connectivity index (χ0v) is 5.48. The Labute approximate surface area is 64.8 Å². The van der Waals surface area contributed by atoms with E-state index in [1.807, 2.05) is 6.92 Å². The molecule has 0 spiro atoms. The van der Waals surface area contributed by atoms with Crippen LogP contribution in [0.1, 0.15) is 35.1 Å². The second-order valence-corrected chi connectivity index (χ2v) is 1.95. The SMILES string of the molecule is C.C.CCC(CN)C(C)=O. The van der Waals surface area contributed by atoms with Gasteiger partial charge in [0.15, 0.2) is 0 Å². The Balaban J connectivity index is -0.000000245. The first-order chi connectivity index (χ1) is 3.72. The van der Waals surface area contributed by atoms with Crippen molar-refractivity contribution in [3.63, 3.8) is 0 Å². The van der Waals surface area contributed by atoms with Crippen LogP contribution in [-0.2, 0) is 4.79 Å². The predicted octanol–water partition coefficient (Wildman–Crippen LogP) is 1.83. The molecule has 0 aromatic heterocycles. The van der Waals surface area contributed by atoms with E-state index in [0.29, 0.717) is 6.54 Å². The number of carbonyl (C=O) groups excluding carboxylic acids is 1. The van der Waals surface area contributed by atoms with Crippen LogP contribution in [-0.4, -0.2) is 12.3 Å². The Kier molecular flexibility index (Phi) is 14.1. The fourth-order valence-electron chi connectivity index (χ4n) is 0.620. The van der Waals surface area contributed by atoms with Gasteiger partial charge in [0.2, 0.25) is 0 Å². The van der Waals surface area contributed by atoms with Crippen molar-refractivity contribution in [2.45, 2.75) is 35.1 Å². The van der Waals surface area contributed by atoms with Gasteiger partial charge in [-0.2, -0.15) is 0 Å². The minimum atomic E-state index is 0. The first-order valence-corrected chi connectivity index (χ1v) is 2.92. The summed E-state index contributed by atoms with van der Waals surface area (Å²) in [5.41, 5.74) is 5.26. The third-order valence-electron chi connectivity index (χ3n) is 1.35. The van der Waals surface area contributed by atoms with Gasteiger partial charge >= 0.3 is 0 Å². The van der Waals surface area contributed by atoms with Crippen molar-refractivity contribution < 1.29 is 4.79 Å². The van der Waals surface area contributed by atoms with Gasteiger partial charge in [0.25, 0.3) is 0 Å². The lowest BCUT2D eigenvalue weighted by Crippen LogP contribution is -2.20. The minimum Gasteiger partial charge on any atom is -0.330 e. The van der Waals surface area contributed by atoms with Crippen LogP contribution in [0.5, 0.6) is 0 Å². The summed E-state index contributed by atoms with van der Waals surface area (Å²) in [6.45, 7) is 4.05. The third-order valence-corrected chi connectivity index (χ3v) is 1.35. The molecule has 0 heterocycles. The molecule has 2 heteroatoms. The van der Waals surface area contributed by atoms with E-state index >= 15 is 0 Å². The summed E-state index contributed by atoms with van der Waals surface area (Å²) >= 11 is 0. The van der Waals surface area contributed by atoms with Gasteiger partial charge in [0, 0.05) is 12.5 Å². The second kappa shape index (κ2) is 8.63. The lowest BCUT2D eigenvalue weighted by molar-refractivity contribution is -0.120. The molecule has 0 aliphatic rings. The number of Topliss-reactive ketones (excluding diaryl/α,β-unsaturated/α-hetero) is 1. The van der Waals surface area contributed by atoms with Gasteiger partial charge in [-0.3, -0.25) is 4.79 Å². The topological polar surface area (TPSA) is 43.1 Å². The standard InChI is InChI=1S/C6H13NO.2CH4/c1-3-6(4-7)5(2)8;;/h6H,3-4,7H2,1-2H3;2*1H4. The highest BCUT2D eigenvalue weighted by Gasteiger charge is 2.06. The summed E-state index contributed by atoms with van der Waals surface area (Å²) in [7, 11) is 0. The van der Waals surface area contributed by atoms with Crippen LogP contribution in [0.2, 0.25) is 0 Å². The molecule has 0 bridgehead atoms. The molecular weight excluding hydrogens is 126 g/mol. The molecule has 2 N–H and O–H groups in total. The predicted molar refractivity (Wildman–Crippen MR) is 47.0 cm³/mol. The summed E-state index contributed by atoms with van der Waals surface area (Å²) in [5.74, 6) is 0.296. The van der Waals surface area contributed by atoms with E-state index in [-0.39, 0.29) is 26.6 Å². The molecule has 0 amide bonds. The second-order valence-electron chi connectivity index (χ2n) is 1.95. The molecule has 0 saturated carbocycles. The largest absolute Gasteiger partial charge is 0.330 e. The maximum Gasteiger partial charge on any atom is 0.134 e. The third kappa shape index (κ3) is 5.76. The monoisotopic (exact) mass is 147 g/mol. The van der Waals surface area contributed by atoms with Crippen molar-refractivity contribution in [2.75, 3.05) is 6.54 Å². The molecule has 1 unspecified atom stereocenters. The highest BCUT2D eigenvalue weighted by molar-refractivity contribution is 5.78. The van der Waals surface area contributed by atoms with Crippen LogP contribution in [0.4, 0.5) is 0 Å². The zero-order valence-electron chi connectivity index (χ0n) is 5.48. The Hall–Kier alpha value is -0.370. The van der Waals surface area contributed by atoms with Gasteiger partial charge in [-0.15, -0.1) is 0 Å². The number of hydrogen-bond acceptors (Lipinski definition) is 2. The van der Waals surface area contributed by atoms with Gasteiger partial charge < -0.3 is 5.73 Å². The van der Waals surface area contributed by atoms with Crippen molar-refractivity contribution >= 4 is 5.78 Å². The van der Waals surface area contributed by atoms with Crippen LogP contribution in [0, 0.1) is 5.92 Å². The van der Waals surface area contributed by atoms with Crippen LogP contribution < -0.4 is 5.73 Å². The number of hydrogen-bond donors (Lipinski definition) is 1. The fraction of sp³-hybridized carbons (Fsp3) is 0.875. The molecule has 0 aromatic rings. The van der Waals surface area contributed by atoms with Gasteiger partial charge in [0.05, 0.1) is 0 Å². The molecule has 0 aromatic carbocycles. The number of nitrogens with two attached hydrogens (primary N) is 1. The van der Waals surface area contributed by atoms with E-state index in [1.54, 1.807) is 6.92 Å². The number of ketones is 1.